The number of halogens is 3. The van der Waals surface area contributed by atoms with Gasteiger partial charge in [0.1, 0.15) is 5.82 Å². The van der Waals surface area contributed by atoms with Crippen LogP contribution in [-0.2, 0) is 6.42 Å². The highest BCUT2D eigenvalue weighted by Crippen LogP contribution is 2.28. The zero-order valence-corrected chi connectivity index (χ0v) is 12.9. The van der Waals surface area contributed by atoms with Gasteiger partial charge in [-0.25, -0.2) is 4.39 Å². The van der Waals surface area contributed by atoms with E-state index in [4.69, 9.17) is 11.6 Å². The minimum atomic E-state index is -0.210. The maximum absolute atomic E-state index is 13.0. The van der Waals surface area contributed by atoms with Crippen LogP contribution < -0.4 is 0 Å². The lowest BCUT2D eigenvalue weighted by atomic mass is 9.88. The summed E-state index contributed by atoms with van der Waals surface area (Å²) >= 11 is 9.51. The van der Waals surface area contributed by atoms with E-state index in [-0.39, 0.29) is 16.6 Å². The van der Waals surface area contributed by atoms with Gasteiger partial charge in [0.2, 0.25) is 0 Å². The van der Waals surface area contributed by atoms with E-state index in [0.29, 0.717) is 4.47 Å². The summed E-state index contributed by atoms with van der Waals surface area (Å²) in [5.74, 6) is -0.210. The molecule has 1 atom stereocenters. The average Bonchev–Trinajstić information content (AvgIpc) is 2.22. The molecule has 96 valence electrons. The van der Waals surface area contributed by atoms with Crippen LogP contribution >= 0.6 is 27.5 Å². The van der Waals surface area contributed by atoms with Crippen LogP contribution in [0.1, 0.15) is 39.2 Å². The van der Waals surface area contributed by atoms with Crippen LogP contribution in [0, 0.1) is 11.2 Å². The third kappa shape index (κ3) is 4.97. The van der Waals surface area contributed by atoms with Crippen molar-refractivity contribution in [3.05, 3.63) is 34.1 Å². The van der Waals surface area contributed by atoms with Crippen LogP contribution in [0.4, 0.5) is 4.39 Å². The Labute approximate surface area is 117 Å². The SMILES string of the molecule is CC(C)(C)C(Cl)CCCc1ccc(F)c(Br)c1. The third-order valence-electron chi connectivity index (χ3n) is 2.85. The van der Waals surface area contributed by atoms with E-state index >= 15 is 0 Å². The predicted molar refractivity (Wildman–Crippen MR) is 76.1 cm³/mol. The van der Waals surface area contributed by atoms with Gasteiger partial charge in [0, 0.05) is 5.38 Å². The Morgan fingerprint density at radius 3 is 2.53 bits per heavy atom. The van der Waals surface area contributed by atoms with E-state index in [2.05, 4.69) is 36.7 Å². The minimum absolute atomic E-state index is 0.144. The number of hydrogen-bond acceptors (Lipinski definition) is 0. The summed E-state index contributed by atoms with van der Waals surface area (Å²) < 4.78 is 13.6. The molecule has 1 rings (SSSR count). The van der Waals surface area contributed by atoms with E-state index in [1.54, 1.807) is 0 Å². The topological polar surface area (TPSA) is 0 Å². The summed E-state index contributed by atoms with van der Waals surface area (Å²) in [4.78, 5) is 0. The molecule has 0 aliphatic carbocycles. The number of alkyl halides is 1. The maximum atomic E-state index is 13.0. The van der Waals surface area contributed by atoms with E-state index in [1.165, 1.54) is 6.07 Å². The first-order valence-electron chi connectivity index (χ1n) is 5.88. The normalized spacial score (nSPS) is 13.8. The molecule has 3 heteroatoms. The third-order valence-corrected chi connectivity index (χ3v) is 4.33. The summed E-state index contributed by atoms with van der Waals surface area (Å²) in [6.07, 6.45) is 2.96. The molecule has 0 fully saturated rings. The lowest BCUT2D eigenvalue weighted by molar-refractivity contribution is 0.369. The van der Waals surface area contributed by atoms with E-state index in [0.717, 1.165) is 24.8 Å². The van der Waals surface area contributed by atoms with Crippen LogP contribution in [0.15, 0.2) is 22.7 Å². The standard InChI is InChI=1S/C14H19BrClF/c1-14(2,3)13(16)6-4-5-10-7-8-12(17)11(15)9-10/h7-9,13H,4-6H2,1-3H3. The van der Waals surface area contributed by atoms with Crippen molar-refractivity contribution < 1.29 is 4.39 Å². The summed E-state index contributed by atoms with van der Waals surface area (Å²) in [6.45, 7) is 6.46. The van der Waals surface area contributed by atoms with Gasteiger partial charge in [0.15, 0.2) is 0 Å². The second-order valence-corrected chi connectivity index (χ2v) is 6.86. The van der Waals surface area contributed by atoms with E-state index in [1.807, 2.05) is 12.1 Å². The van der Waals surface area contributed by atoms with Crippen molar-refractivity contribution in [3.8, 4) is 0 Å². The van der Waals surface area contributed by atoms with Crippen molar-refractivity contribution in [1.82, 2.24) is 0 Å². The smallest absolute Gasteiger partial charge is 0.137 e. The number of benzene rings is 1. The van der Waals surface area contributed by atoms with Crippen molar-refractivity contribution in [2.75, 3.05) is 0 Å². The van der Waals surface area contributed by atoms with Crippen LogP contribution in [0.2, 0.25) is 0 Å². The van der Waals surface area contributed by atoms with Gasteiger partial charge in [0.25, 0.3) is 0 Å². The van der Waals surface area contributed by atoms with Gasteiger partial charge in [-0.05, 0) is 58.3 Å². The number of aryl methyl sites for hydroxylation is 1. The zero-order valence-electron chi connectivity index (χ0n) is 10.6. The Morgan fingerprint density at radius 2 is 2.00 bits per heavy atom. The van der Waals surface area contributed by atoms with Crippen LogP contribution in [0.5, 0.6) is 0 Å². The highest BCUT2D eigenvalue weighted by molar-refractivity contribution is 9.10. The number of hydrogen-bond donors (Lipinski definition) is 0. The molecule has 1 aromatic rings. The van der Waals surface area contributed by atoms with E-state index in [9.17, 15) is 4.39 Å². The fraction of sp³-hybridized carbons (Fsp3) is 0.571. The second-order valence-electron chi connectivity index (χ2n) is 5.47. The first-order chi connectivity index (χ1) is 7.80. The minimum Gasteiger partial charge on any atom is -0.206 e. The van der Waals surface area contributed by atoms with Gasteiger partial charge in [-0.15, -0.1) is 11.6 Å². The van der Waals surface area contributed by atoms with Crippen molar-refractivity contribution >= 4 is 27.5 Å². The summed E-state index contributed by atoms with van der Waals surface area (Å²) in [5, 5.41) is 0.186. The fourth-order valence-corrected chi connectivity index (χ4v) is 2.19. The molecule has 0 spiro atoms. The first-order valence-corrected chi connectivity index (χ1v) is 7.11. The van der Waals surface area contributed by atoms with Gasteiger partial charge in [-0.1, -0.05) is 26.8 Å². The molecular weight excluding hydrogens is 303 g/mol. The van der Waals surface area contributed by atoms with Crippen LogP contribution in [-0.4, -0.2) is 5.38 Å². The molecule has 0 bridgehead atoms. The Kier molecular flexibility index (Phi) is 5.46. The highest BCUT2D eigenvalue weighted by Gasteiger charge is 2.21. The molecular formula is C14H19BrClF. The van der Waals surface area contributed by atoms with Crippen molar-refractivity contribution in [2.45, 2.75) is 45.4 Å². The summed E-state index contributed by atoms with van der Waals surface area (Å²) in [5.41, 5.74) is 1.29. The molecule has 0 aliphatic heterocycles. The largest absolute Gasteiger partial charge is 0.206 e. The average molecular weight is 322 g/mol. The van der Waals surface area contributed by atoms with E-state index < -0.39 is 0 Å². The fourth-order valence-electron chi connectivity index (χ4n) is 1.61. The molecule has 17 heavy (non-hydrogen) atoms. The zero-order chi connectivity index (χ0) is 13.1. The molecule has 0 radical (unpaired) electrons. The molecule has 1 unspecified atom stereocenters. The van der Waals surface area contributed by atoms with Gasteiger partial charge < -0.3 is 0 Å². The molecule has 0 heterocycles. The van der Waals surface area contributed by atoms with Gasteiger partial charge >= 0.3 is 0 Å². The Morgan fingerprint density at radius 1 is 1.35 bits per heavy atom. The van der Waals surface area contributed by atoms with Gasteiger partial charge in [-0.2, -0.15) is 0 Å². The molecule has 0 saturated carbocycles. The Bertz CT molecular complexity index is 371. The lowest BCUT2D eigenvalue weighted by Gasteiger charge is -2.24. The van der Waals surface area contributed by atoms with Crippen molar-refractivity contribution in [3.63, 3.8) is 0 Å². The van der Waals surface area contributed by atoms with Crippen molar-refractivity contribution in [2.24, 2.45) is 5.41 Å². The van der Waals surface area contributed by atoms with Crippen LogP contribution in [0.3, 0.4) is 0 Å². The van der Waals surface area contributed by atoms with Crippen LogP contribution in [0.25, 0.3) is 0 Å². The molecule has 0 aliphatic rings. The molecule has 0 nitrogen and oxygen atoms in total. The first kappa shape index (κ1) is 15.0. The second kappa shape index (κ2) is 6.19. The van der Waals surface area contributed by atoms with Gasteiger partial charge in [0.05, 0.1) is 4.47 Å². The molecule has 0 aromatic heterocycles. The Hall–Kier alpha value is -0.0800. The molecule has 0 saturated heterocycles. The molecule has 0 N–H and O–H groups in total. The predicted octanol–water partition coefficient (Wildman–Crippen LogP) is 5.56. The summed E-state index contributed by atoms with van der Waals surface area (Å²) in [6, 6.07) is 5.18. The molecule has 1 aromatic carbocycles. The Balaban J connectivity index is 2.44. The monoisotopic (exact) mass is 320 g/mol. The van der Waals surface area contributed by atoms with Crippen molar-refractivity contribution in [1.29, 1.82) is 0 Å². The summed E-state index contributed by atoms with van der Waals surface area (Å²) in [7, 11) is 0. The quantitative estimate of drug-likeness (QED) is 0.636. The number of rotatable bonds is 4. The maximum Gasteiger partial charge on any atom is 0.137 e. The lowest BCUT2D eigenvalue weighted by Crippen LogP contribution is -2.20. The molecule has 0 amide bonds. The van der Waals surface area contributed by atoms with Gasteiger partial charge in [-0.3, -0.25) is 0 Å². The highest BCUT2D eigenvalue weighted by atomic mass is 79.9.